The van der Waals surface area contributed by atoms with Crippen LogP contribution in [0.5, 0.6) is 5.75 Å². The largest absolute Gasteiger partial charge is 0.494 e. The van der Waals surface area contributed by atoms with Crippen molar-refractivity contribution in [2.24, 2.45) is 0 Å². The van der Waals surface area contributed by atoms with Gasteiger partial charge >= 0.3 is 0 Å². The van der Waals surface area contributed by atoms with Gasteiger partial charge in [0.15, 0.2) is 11.6 Å². The minimum Gasteiger partial charge on any atom is -0.494 e. The quantitative estimate of drug-likeness (QED) is 0.566. The Kier molecular flexibility index (Phi) is 6.03. The lowest BCUT2D eigenvalue weighted by atomic mass is 10.1. The van der Waals surface area contributed by atoms with E-state index >= 15 is 0 Å². The molecule has 0 saturated heterocycles. The maximum atomic E-state index is 5.85. The third kappa shape index (κ3) is 4.94. The molecular weight excluding hydrogens is 322 g/mol. The van der Waals surface area contributed by atoms with E-state index in [1.54, 1.807) is 0 Å². The van der Waals surface area contributed by atoms with Crippen molar-refractivity contribution in [1.82, 2.24) is 13.6 Å². The molecule has 1 aromatic carbocycles. The summed E-state index contributed by atoms with van der Waals surface area (Å²) in [5, 5.41) is 3.16. The second kappa shape index (κ2) is 8.65. The maximum absolute atomic E-state index is 5.85. The lowest BCUT2D eigenvalue weighted by molar-refractivity contribution is 0.288. The Bertz CT molecular complexity index is 673. The molecule has 6 nitrogen and oxygen atoms in total. The van der Waals surface area contributed by atoms with E-state index in [9.17, 15) is 0 Å². The van der Waals surface area contributed by atoms with Crippen molar-refractivity contribution >= 4 is 23.4 Å². The molecule has 0 bridgehead atoms. The van der Waals surface area contributed by atoms with Gasteiger partial charge in [-0.2, -0.15) is 8.75 Å². The Morgan fingerprint density at radius 3 is 3.04 bits per heavy atom. The number of aromatic nitrogens is 2. The molecule has 1 aromatic heterocycles. The lowest BCUT2D eigenvalue weighted by Gasteiger charge is -2.23. The highest BCUT2D eigenvalue weighted by molar-refractivity contribution is 6.99. The molecule has 2 heterocycles. The highest BCUT2D eigenvalue weighted by Crippen LogP contribution is 2.17. The van der Waals surface area contributed by atoms with Crippen molar-refractivity contribution in [3.05, 3.63) is 42.0 Å². The molecule has 1 aliphatic rings. The molecule has 0 radical (unpaired) electrons. The lowest BCUT2D eigenvalue weighted by Crippen LogP contribution is -2.26. The third-order valence-electron chi connectivity index (χ3n) is 3.84. The molecule has 0 saturated carbocycles. The van der Waals surface area contributed by atoms with Crippen LogP contribution in [0, 0.1) is 0 Å². The monoisotopic (exact) mass is 345 g/mol. The Hall–Kier alpha value is -2.12. The third-order valence-corrected chi connectivity index (χ3v) is 4.39. The van der Waals surface area contributed by atoms with Crippen LogP contribution in [0.3, 0.4) is 0 Å². The predicted octanol–water partition coefficient (Wildman–Crippen LogP) is 2.76. The van der Waals surface area contributed by atoms with E-state index in [1.165, 1.54) is 5.56 Å². The maximum Gasteiger partial charge on any atom is 0.184 e. The molecule has 0 aliphatic carbocycles. The zero-order valence-electron chi connectivity index (χ0n) is 13.6. The smallest absolute Gasteiger partial charge is 0.184 e. The van der Waals surface area contributed by atoms with Crippen molar-refractivity contribution in [3.8, 4) is 5.75 Å². The topological polar surface area (TPSA) is 76.3 Å². The van der Waals surface area contributed by atoms with E-state index in [0.717, 1.165) is 56.5 Å². The van der Waals surface area contributed by atoms with Crippen molar-refractivity contribution in [3.63, 3.8) is 0 Å². The molecular formula is C17H23N5OS. The zero-order valence-corrected chi connectivity index (χ0v) is 14.5. The van der Waals surface area contributed by atoms with E-state index in [0.29, 0.717) is 18.2 Å². The summed E-state index contributed by atoms with van der Waals surface area (Å²) < 4.78 is 13.9. The molecule has 0 atom stereocenters. The number of rotatable bonds is 8. The fourth-order valence-electron chi connectivity index (χ4n) is 2.61. The minimum atomic E-state index is 0.459. The van der Waals surface area contributed by atoms with Crippen LogP contribution in [0.15, 0.2) is 36.4 Å². The van der Waals surface area contributed by atoms with Gasteiger partial charge in [-0.15, -0.1) is 0 Å². The fraction of sp³-hybridized carbons (Fsp3) is 0.412. The summed E-state index contributed by atoms with van der Waals surface area (Å²) in [6, 6.07) is 8.36. The highest BCUT2D eigenvalue weighted by Gasteiger charge is 2.07. The Morgan fingerprint density at radius 1 is 1.29 bits per heavy atom. The van der Waals surface area contributed by atoms with Crippen LogP contribution in [-0.4, -0.2) is 39.9 Å². The average molecular weight is 345 g/mol. The molecule has 3 N–H and O–H groups in total. The van der Waals surface area contributed by atoms with Gasteiger partial charge in [0.25, 0.3) is 0 Å². The predicted molar refractivity (Wildman–Crippen MR) is 98.4 cm³/mol. The van der Waals surface area contributed by atoms with Crippen molar-refractivity contribution < 1.29 is 4.74 Å². The summed E-state index contributed by atoms with van der Waals surface area (Å²) in [7, 11) is 0. The number of anilines is 2. The number of nitrogen functional groups attached to an aromatic ring is 1. The van der Waals surface area contributed by atoms with Crippen molar-refractivity contribution in [1.29, 1.82) is 0 Å². The van der Waals surface area contributed by atoms with Gasteiger partial charge in [0.05, 0.1) is 18.3 Å². The molecule has 0 amide bonds. The van der Waals surface area contributed by atoms with E-state index in [-0.39, 0.29) is 0 Å². The molecule has 1 aliphatic heterocycles. The van der Waals surface area contributed by atoms with Gasteiger partial charge in [-0.25, -0.2) is 0 Å². The van der Waals surface area contributed by atoms with E-state index in [1.807, 2.05) is 6.07 Å². The van der Waals surface area contributed by atoms with Crippen LogP contribution < -0.4 is 15.8 Å². The molecule has 128 valence electrons. The molecule has 0 spiro atoms. The fourth-order valence-corrected chi connectivity index (χ4v) is 3.07. The van der Waals surface area contributed by atoms with E-state index in [2.05, 4.69) is 49.3 Å². The number of hydrogen-bond acceptors (Lipinski definition) is 7. The van der Waals surface area contributed by atoms with E-state index in [4.69, 9.17) is 10.5 Å². The van der Waals surface area contributed by atoms with Gasteiger partial charge in [0, 0.05) is 26.2 Å². The van der Waals surface area contributed by atoms with Gasteiger partial charge in [0.1, 0.15) is 5.75 Å². The molecule has 3 rings (SSSR count). The number of nitrogens with zero attached hydrogens (tertiary/aromatic N) is 3. The van der Waals surface area contributed by atoms with Crippen LogP contribution >= 0.6 is 11.7 Å². The summed E-state index contributed by atoms with van der Waals surface area (Å²) in [5.74, 6) is 2.05. The number of nitrogens with two attached hydrogens (primary N) is 1. The second-order valence-corrected chi connectivity index (χ2v) is 6.30. The summed E-state index contributed by atoms with van der Waals surface area (Å²) in [4.78, 5) is 2.44. The van der Waals surface area contributed by atoms with Gasteiger partial charge in [-0.05, 0) is 30.5 Å². The Balaban J connectivity index is 1.39. The Morgan fingerprint density at radius 2 is 2.25 bits per heavy atom. The number of nitrogens with one attached hydrogen (secondary N) is 1. The Labute approximate surface area is 146 Å². The summed E-state index contributed by atoms with van der Waals surface area (Å²) in [6.45, 7) is 4.54. The van der Waals surface area contributed by atoms with Crippen LogP contribution in [0.4, 0.5) is 11.6 Å². The average Bonchev–Trinajstić information content (AvgIpc) is 3.01. The number of benzene rings is 1. The van der Waals surface area contributed by atoms with Crippen LogP contribution in [0.1, 0.15) is 18.4 Å². The van der Waals surface area contributed by atoms with Gasteiger partial charge in [-0.3, -0.25) is 4.90 Å². The SMILES string of the molecule is Nc1nsnc1NCCCOc1cccc(CN2CC=CCC2)c1. The summed E-state index contributed by atoms with van der Waals surface area (Å²) in [5.41, 5.74) is 6.97. The minimum absolute atomic E-state index is 0.459. The summed E-state index contributed by atoms with van der Waals surface area (Å²) in [6.07, 6.45) is 6.50. The first-order valence-corrected chi connectivity index (χ1v) is 8.95. The van der Waals surface area contributed by atoms with Crippen molar-refractivity contribution in [2.75, 3.05) is 37.3 Å². The number of hydrogen-bond donors (Lipinski definition) is 2. The highest BCUT2D eigenvalue weighted by atomic mass is 32.1. The summed E-state index contributed by atoms with van der Waals surface area (Å²) >= 11 is 1.12. The number of ether oxygens (including phenoxy) is 1. The molecule has 7 heteroatoms. The van der Waals surface area contributed by atoms with Crippen LogP contribution in [0.25, 0.3) is 0 Å². The normalized spacial score (nSPS) is 14.7. The van der Waals surface area contributed by atoms with Gasteiger partial charge < -0.3 is 15.8 Å². The molecule has 24 heavy (non-hydrogen) atoms. The second-order valence-electron chi connectivity index (χ2n) is 5.77. The molecule has 2 aromatic rings. The van der Waals surface area contributed by atoms with Gasteiger partial charge in [-0.1, -0.05) is 24.3 Å². The van der Waals surface area contributed by atoms with Gasteiger partial charge in [0.2, 0.25) is 0 Å². The molecule has 0 fully saturated rings. The first-order valence-electron chi connectivity index (χ1n) is 8.22. The standard InChI is InChI=1S/C17H23N5OS/c18-16-17(21-24-20-16)19-8-5-11-23-15-7-4-6-14(12-15)13-22-9-2-1-3-10-22/h1-2,4,6-7,12H,3,5,8-11,13H2,(H2,18,20)(H,19,21). The zero-order chi connectivity index (χ0) is 16.6. The first-order chi connectivity index (χ1) is 11.8. The van der Waals surface area contributed by atoms with Crippen molar-refractivity contribution in [2.45, 2.75) is 19.4 Å². The first kappa shape index (κ1) is 16.7. The van der Waals surface area contributed by atoms with Crippen LogP contribution in [0.2, 0.25) is 0 Å². The molecule has 0 unspecified atom stereocenters. The van der Waals surface area contributed by atoms with E-state index < -0.39 is 0 Å². The van der Waals surface area contributed by atoms with Crippen LogP contribution in [-0.2, 0) is 6.54 Å².